The number of hydrogen-bond acceptors (Lipinski definition) is 4. The van der Waals surface area contributed by atoms with Crippen LogP contribution in [0.5, 0.6) is 0 Å². The third kappa shape index (κ3) is 4.47. The molecule has 2 heterocycles. The number of urea groups is 1. The lowest BCUT2D eigenvalue weighted by Gasteiger charge is -2.30. The van der Waals surface area contributed by atoms with Crippen molar-refractivity contribution in [1.82, 2.24) is 10.3 Å². The first-order valence-corrected chi connectivity index (χ1v) is 10.5. The van der Waals surface area contributed by atoms with Gasteiger partial charge in [-0.2, -0.15) is 0 Å². The van der Waals surface area contributed by atoms with Crippen LogP contribution in [0.1, 0.15) is 41.9 Å². The van der Waals surface area contributed by atoms with Gasteiger partial charge in [-0.25, -0.2) is 9.78 Å². The average molecular weight is 399 g/mol. The number of aryl methyl sites for hydroxylation is 2. The van der Waals surface area contributed by atoms with Crippen molar-refractivity contribution in [2.75, 3.05) is 22.5 Å². The molecule has 0 saturated heterocycles. The molecule has 7 heteroatoms. The molecule has 1 unspecified atom stereocenters. The Bertz CT molecular complexity index is 883. The number of carbonyl (C=O) groups excluding carboxylic acids is 2. The van der Waals surface area contributed by atoms with E-state index in [0.717, 1.165) is 34.1 Å². The van der Waals surface area contributed by atoms with E-state index in [1.165, 1.54) is 0 Å². The van der Waals surface area contributed by atoms with Crippen molar-refractivity contribution in [1.29, 1.82) is 0 Å². The molecule has 1 atom stereocenters. The zero-order valence-corrected chi connectivity index (χ0v) is 17.5. The highest BCUT2D eigenvalue weighted by Gasteiger charge is 2.26. The number of thioether (sulfide) groups is 1. The standard InChI is InChI=1S/C21H26N4O2S/c1-5-14(3)22-19(26)16-6-8-17(9-7-16)24-21(27)25-10-11-28-20-18(25)13(2)12-15(4)23-20/h6-9,12,14H,5,10-11H2,1-4H3,(H,22,26)(H,24,27). The SMILES string of the molecule is CCC(C)NC(=O)c1ccc(NC(=O)N2CCSc3nc(C)cc(C)c32)cc1. The van der Waals surface area contributed by atoms with Crippen molar-refractivity contribution in [3.05, 3.63) is 47.2 Å². The van der Waals surface area contributed by atoms with Gasteiger partial charge in [0.2, 0.25) is 0 Å². The summed E-state index contributed by atoms with van der Waals surface area (Å²) in [5.41, 5.74) is 4.11. The van der Waals surface area contributed by atoms with Crippen LogP contribution in [0.3, 0.4) is 0 Å². The molecule has 1 aliphatic heterocycles. The molecule has 28 heavy (non-hydrogen) atoms. The summed E-state index contributed by atoms with van der Waals surface area (Å²) < 4.78 is 0. The molecular formula is C21H26N4O2S. The second kappa shape index (κ2) is 8.65. The van der Waals surface area contributed by atoms with Gasteiger partial charge in [0.25, 0.3) is 5.91 Å². The summed E-state index contributed by atoms with van der Waals surface area (Å²) in [6, 6.07) is 8.89. The van der Waals surface area contributed by atoms with Gasteiger partial charge < -0.3 is 10.6 Å². The Kier molecular flexibility index (Phi) is 6.24. The Morgan fingerprint density at radius 1 is 1.25 bits per heavy atom. The van der Waals surface area contributed by atoms with Gasteiger partial charge in [0.15, 0.2) is 0 Å². The van der Waals surface area contributed by atoms with E-state index in [4.69, 9.17) is 0 Å². The number of hydrogen-bond donors (Lipinski definition) is 2. The summed E-state index contributed by atoms with van der Waals surface area (Å²) in [6.45, 7) is 8.60. The normalized spacial score (nSPS) is 14.2. The zero-order chi connectivity index (χ0) is 20.3. The average Bonchev–Trinajstić information content (AvgIpc) is 2.67. The van der Waals surface area contributed by atoms with Gasteiger partial charge in [-0.05, 0) is 63.1 Å². The summed E-state index contributed by atoms with van der Waals surface area (Å²) in [4.78, 5) is 31.4. The summed E-state index contributed by atoms with van der Waals surface area (Å²) >= 11 is 1.68. The lowest BCUT2D eigenvalue weighted by Crippen LogP contribution is -2.39. The number of fused-ring (bicyclic) bond motifs is 1. The van der Waals surface area contributed by atoms with Crippen molar-refractivity contribution in [3.8, 4) is 0 Å². The molecule has 6 nitrogen and oxygen atoms in total. The molecule has 0 spiro atoms. The van der Waals surface area contributed by atoms with E-state index < -0.39 is 0 Å². The Hall–Kier alpha value is -2.54. The number of pyridine rings is 1. The molecule has 1 aromatic carbocycles. The smallest absolute Gasteiger partial charge is 0.326 e. The molecule has 3 amide bonds. The molecule has 0 saturated carbocycles. The van der Waals surface area contributed by atoms with E-state index in [1.807, 2.05) is 33.8 Å². The predicted octanol–water partition coefficient (Wildman–Crippen LogP) is 4.37. The molecule has 2 aromatic rings. The minimum absolute atomic E-state index is 0.105. The number of nitrogens with one attached hydrogen (secondary N) is 2. The minimum Gasteiger partial charge on any atom is -0.350 e. The fraction of sp³-hybridized carbons (Fsp3) is 0.381. The molecule has 2 N–H and O–H groups in total. The topological polar surface area (TPSA) is 74.3 Å². The monoisotopic (exact) mass is 398 g/mol. The lowest BCUT2D eigenvalue weighted by molar-refractivity contribution is 0.0939. The Labute approximate surface area is 170 Å². The van der Waals surface area contributed by atoms with Crippen molar-refractivity contribution in [2.24, 2.45) is 0 Å². The number of benzene rings is 1. The van der Waals surface area contributed by atoms with Crippen molar-refractivity contribution < 1.29 is 9.59 Å². The summed E-state index contributed by atoms with van der Waals surface area (Å²) in [5.74, 6) is 0.705. The first kappa shape index (κ1) is 20.2. The fourth-order valence-electron chi connectivity index (χ4n) is 3.08. The molecule has 3 rings (SSSR count). The minimum atomic E-state index is -0.188. The molecular weight excluding hydrogens is 372 g/mol. The van der Waals surface area contributed by atoms with Crippen LogP contribution in [-0.4, -0.2) is 35.3 Å². The van der Waals surface area contributed by atoms with Crippen LogP contribution in [0.2, 0.25) is 0 Å². The van der Waals surface area contributed by atoms with Crippen LogP contribution < -0.4 is 15.5 Å². The Morgan fingerprint density at radius 2 is 1.96 bits per heavy atom. The summed E-state index contributed by atoms with van der Waals surface area (Å²) in [5, 5.41) is 6.77. The molecule has 1 aliphatic rings. The van der Waals surface area contributed by atoms with E-state index in [9.17, 15) is 9.59 Å². The molecule has 0 radical (unpaired) electrons. The highest BCUT2D eigenvalue weighted by atomic mass is 32.2. The Balaban J connectivity index is 1.72. The van der Waals surface area contributed by atoms with Crippen LogP contribution in [0.25, 0.3) is 0 Å². The number of carbonyl (C=O) groups is 2. The van der Waals surface area contributed by atoms with E-state index in [2.05, 4.69) is 15.6 Å². The number of rotatable bonds is 4. The first-order valence-electron chi connectivity index (χ1n) is 9.49. The maximum Gasteiger partial charge on any atom is 0.326 e. The van der Waals surface area contributed by atoms with Crippen molar-refractivity contribution in [2.45, 2.75) is 45.2 Å². The highest BCUT2D eigenvalue weighted by Crippen LogP contribution is 2.36. The largest absolute Gasteiger partial charge is 0.350 e. The molecule has 0 fully saturated rings. The molecule has 0 aliphatic carbocycles. The number of anilines is 2. The van der Waals surface area contributed by atoms with Crippen molar-refractivity contribution >= 4 is 35.1 Å². The van der Waals surface area contributed by atoms with Gasteiger partial charge in [-0.15, -0.1) is 11.8 Å². The van der Waals surface area contributed by atoms with Gasteiger partial charge in [0, 0.05) is 35.3 Å². The maximum atomic E-state index is 12.9. The third-order valence-corrected chi connectivity index (χ3v) is 5.68. The summed E-state index contributed by atoms with van der Waals surface area (Å²) in [6.07, 6.45) is 0.878. The maximum absolute atomic E-state index is 12.9. The quantitative estimate of drug-likeness (QED) is 0.802. The Morgan fingerprint density at radius 3 is 2.64 bits per heavy atom. The van der Waals surface area contributed by atoms with Crippen LogP contribution in [0.15, 0.2) is 35.4 Å². The number of nitrogens with zero attached hydrogens (tertiary/aromatic N) is 2. The number of amides is 3. The fourth-order valence-corrected chi connectivity index (χ4v) is 4.16. The van der Waals surface area contributed by atoms with Crippen LogP contribution in [-0.2, 0) is 0 Å². The van der Waals surface area contributed by atoms with Gasteiger partial charge in [0.1, 0.15) is 5.03 Å². The second-order valence-electron chi connectivity index (χ2n) is 7.02. The molecule has 0 bridgehead atoms. The molecule has 148 valence electrons. The van der Waals surface area contributed by atoms with E-state index >= 15 is 0 Å². The third-order valence-electron chi connectivity index (χ3n) is 4.74. The summed E-state index contributed by atoms with van der Waals surface area (Å²) in [7, 11) is 0. The molecule has 1 aromatic heterocycles. The zero-order valence-electron chi connectivity index (χ0n) is 16.7. The van der Waals surface area contributed by atoms with Crippen LogP contribution >= 0.6 is 11.8 Å². The highest BCUT2D eigenvalue weighted by molar-refractivity contribution is 7.99. The van der Waals surface area contributed by atoms with Gasteiger partial charge in [-0.1, -0.05) is 6.92 Å². The van der Waals surface area contributed by atoms with Crippen molar-refractivity contribution in [3.63, 3.8) is 0 Å². The van der Waals surface area contributed by atoms with E-state index in [-0.39, 0.29) is 18.0 Å². The number of aromatic nitrogens is 1. The van der Waals surface area contributed by atoms with Gasteiger partial charge in [-0.3, -0.25) is 9.69 Å². The van der Waals surface area contributed by atoms with E-state index in [0.29, 0.717) is 17.8 Å². The van der Waals surface area contributed by atoms with E-state index in [1.54, 1.807) is 40.9 Å². The van der Waals surface area contributed by atoms with Gasteiger partial charge >= 0.3 is 6.03 Å². The van der Waals surface area contributed by atoms with Crippen LogP contribution in [0, 0.1) is 13.8 Å². The second-order valence-corrected chi connectivity index (χ2v) is 8.11. The van der Waals surface area contributed by atoms with Crippen LogP contribution in [0.4, 0.5) is 16.2 Å². The van der Waals surface area contributed by atoms with Gasteiger partial charge in [0.05, 0.1) is 5.69 Å². The predicted molar refractivity (Wildman–Crippen MR) is 114 cm³/mol. The lowest BCUT2D eigenvalue weighted by atomic mass is 10.1. The first-order chi connectivity index (χ1) is 13.4.